The average molecular weight is 321 g/mol. The van der Waals surface area contributed by atoms with Gasteiger partial charge in [0.05, 0.1) is 0 Å². The maximum atomic E-state index is 13.2. The average Bonchev–Trinajstić information content (AvgIpc) is 2.26. The van der Waals surface area contributed by atoms with E-state index in [4.69, 9.17) is 0 Å². The van der Waals surface area contributed by atoms with Gasteiger partial charge in [-0.3, -0.25) is 4.79 Å². The van der Waals surface area contributed by atoms with Crippen molar-refractivity contribution in [1.29, 1.82) is 0 Å². The second-order valence-electron chi connectivity index (χ2n) is 4.66. The van der Waals surface area contributed by atoms with Crippen LogP contribution in [0, 0.1) is 12.7 Å². The van der Waals surface area contributed by atoms with Crippen LogP contribution in [0.5, 0.6) is 0 Å². The molecular weight excluding hydrogens is 307 g/mol. The molecule has 0 spiro atoms. The van der Waals surface area contributed by atoms with Gasteiger partial charge in [-0.15, -0.1) is 0 Å². The van der Waals surface area contributed by atoms with Gasteiger partial charge in [-0.2, -0.15) is 0 Å². The van der Waals surface area contributed by atoms with Crippen LogP contribution in [0.1, 0.15) is 16.7 Å². The van der Waals surface area contributed by atoms with Crippen molar-refractivity contribution in [2.75, 3.05) is 0 Å². The van der Waals surface area contributed by atoms with Crippen LogP contribution in [0.4, 0.5) is 4.39 Å². The molecule has 2 aromatic rings. The minimum absolute atomic E-state index is 0.0862. The van der Waals surface area contributed by atoms with Crippen LogP contribution in [0.2, 0.25) is 0 Å². The quantitative estimate of drug-likeness (QED) is 0.823. The molecule has 0 unspecified atom stereocenters. The summed E-state index contributed by atoms with van der Waals surface area (Å²) in [6, 6.07) is 12.4. The van der Waals surface area contributed by atoms with Gasteiger partial charge in [-0.05, 0) is 36.2 Å². The van der Waals surface area contributed by atoms with Gasteiger partial charge in [0.15, 0.2) is 0 Å². The van der Waals surface area contributed by atoms with Crippen LogP contribution in [0.15, 0.2) is 46.9 Å². The Labute approximate surface area is 120 Å². The molecule has 0 atom stereocenters. The van der Waals surface area contributed by atoms with Gasteiger partial charge in [-0.25, -0.2) is 4.39 Å². The Morgan fingerprint density at radius 3 is 2.53 bits per heavy atom. The minimum Gasteiger partial charge on any atom is -0.299 e. The molecule has 98 valence electrons. The first kappa shape index (κ1) is 13.9. The summed E-state index contributed by atoms with van der Waals surface area (Å²) in [5.74, 6) is -0.240. The van der Waals surface area contributed by atoms with E-state index < -0.39 is 0 Å². The molecule has 0 saturated carbocycles. The lowest BCUT2D eigenvalue weighted by Crippen LogP contribution is -2.07. The third-order valence-electron chi connectivity index (χ3n) is 2.81. The first-order valence-electron chi connectivity index (χ1n) is 6.05. The van der Waals surface area contributed by atoms with Crippen LogP contribution >= 0.6 is 15.9 Å². The van der Waals surface area contributed by atoms with Crippen molar-refractivity contribution in [2.45, 2.75) is 19.8 Å². The Balaban J connectivity index is 2.05. The first-order chi connectivity index (χ1) is 9.02. The number of benzene rings is 2. The molecule has 0 amide bonds. The van der Waals surface area contributed by atoms with Crippen molar-refractivity contribution in [2.24, 2.45) is 0 Å². The predicted octanol–water partition coefficient (Wildman–Crippen LogP) is 4.25. The molecule has 0 saturated heterocycles. The van der Waals surface area contributed by atoms with Gasteiger partial charge in [0.2, 0.25) is 0 Å². The van der Waals surface area contributed by atoms with Crippen LogP contribution < -0.4 is 0 Å². The Bertz CT molecular complexity index is 587. The molecule has 3 heteroatoms. The zero-order valence-corrected chi connectivity index (χ0v) is 12.2. The van der Waals surface area contributed by atoms with Crippen molar-refractivity contribution in [3.05, 3.63) is 69.4 Å². The summed E-state index contributed by atoms with van der Waals surface area (Å²) in [6.45, 7) is 2.00. The maximum absolute atomic E-state index is 13.2. The number of hydrogen-bond acceptors (Lipinski definition) is 1. The molecule has 0 aliphatic rings. The summed E-state index contributed by atoms with van der Waals surface area (Å²) in [6.07, 6.45) is 0.639. The minimum atomic E-state index is -0.326. The highest BCUT2D eigenvalue weighted by Gasteiger charge is 2.07. The van der Waals surface area contributed by atoms with Crippen LogP contribution in [0.3, 0.4) is 0 Å². The number of rotatable bonds is 4. The Morgan fingerprint density at radius 2 is 1.84 bits per heavy atom. The Hall–Kier alpha value is -1.48. The molecule has 0 heterocycles. The summed E-state index contributed by atoms with van der Waals surface area (Å²) < 4.78 is 13.9. The molecule has 0 bridgehead atoms. The van der Waals surface area contributed by atoms with Gasteiger partial charge in [0, 0.05) is 17.3 Å². The summed E-state index contributed by atoms with van der Waals surface area (Å²) in [5.41, 5.74) is 2.84. The number of ketones is 1. The molecule has 0 fully saturated rings. The van der Waals surface area contributed by atoms with Crippen molar-refractivity contribution >= 4 is 21.7 Å². The molecule has 19 heavy (non-hydrogen) atoms. The molecule has 2 aromatic carbocycles. The number of halogens is 2. The largest absolute Gasteiger partial charge is 0.299 e. The SMILES string of the molecule is Cc1cccc(CC(=O)Cc2cc(F)cc(Br)c2)c1. The molecule has 0 aliphatic heterocycles. The molecule has 2 rings (SSSR count). The van der Waals surface area contributed by atoms with E-state index in [1.165, 1.54) is 12.1 Å². The molecule has 0 N–H and O–H groups in total. The highest BCUT2D eigenvalue weighted by atomic mass is 79.9. The van der Waals surface area contributed by atoms with Gasteiger partial charge >= 0.3 is 0 Å². The third-order valence-corrected chi connectivity index (χ3v) is 3.27. The van der Waals surface area contributed by atoms with E-state index in [0.29, 0.717) is 16.5 Å². The number of carbonyl (C=O) groups excluding carboxylic acids is 1. The molecule has 0 aliphatic carbocycles. The number of aryl methyl sites for hydroxylation is 1. The standard InChI is InChI=1S/C16H14BrFO/c1-11-3-2-4-12(5-11)8-16(19)9-13-6-14(17)10-15(18)7-13/h2-7,10H,8-9H2,1H3. The van der Waals surface area contributed by atoms with Crippen LogP contribution in [0.25, 0.3) is 0 Å². The predicted molar refractivity (Wildman–Crippen MR) is 77.7 cm³/mol. The topological polar surface area (TPSA) is 17.1 Å². The molecular formula is C16H14BrFO. The number of hydrogen-bond donors (Lipinski definition) is 0. The second kappa shape index (κ2) is 6.11. The van der Waals surface area contributed by atoms with E-state index in [1.54, 1.807) is 6.07 Å². The van der Waals surface area contributed by atoms with E-state index in [9.17, 15) is 9.18 Å². The fourth-order valence-electron chi connectivity index (χ4n) is 2.05. The zero-order chi connectivity index (χ0) is 13.8. The zero-order valence-electron chi connectivity index (χ0n) is 10.6. The van der Waals surface area contributed by atoms with E-state index in [0.717, 1.165) is 11.1 Å². The van der Waals surface area contributed by atoms with Gasteiger partial charge in [0.25, 0.3) is 0 Å². The molecule has 0 aromatic heterocycles. The fourth-order valence-corrected chi connectivity index (χ4v) is 2.57. The van der Waals surface area contributed by atoms with Crippen LogP contribution in [-0.2, 0) is 17.6 Å². The maximum Gasteiger partial charge on any atom is 0.141 e. The van der Waals surface area contributed by atoms with E-state index in [-0.39, 0.29) is 18.0 Å². The highest BCUT2D eigenvalue weighted by Crippen LogP contribution is 2.16. The van der Waals surface area contributed by atoms with Crippen molar-refractivity contribution in [1.82, 2.24) is 0 Å². The third kappa shape index (κ3) is 4.28. The van der Waals surface area contributed by atoms with Gasteiger partial charge < -0.3 is 0 Å². The molecule has 1 nitrogen and oxygen atoms in total. The smallest absolute Gasteiger partial charge is 0.141 e. The second-order valence-corrected chi connectivity index (χ2v) is 5.57. The lowest BCUT2D eigenvalue weighted by atomic mass is 10.0. The van der Waals surface area contributed by atoms with E-state index in [1.807, 2.05) is 31.2 Å². The van der Waals surface area contributed by atoms with Crippen molar-refractivity contribution in [3.8, 4) is 0 Å². The lowest BCUT2D eigenvalue weighted by Gasteiger charge is -2.04. The number of Topliss-reactive ketones (excluding diaryl/α,β-unsaturated/α-hetero) is 1. The summed E-state index contributed by atoms with van der Waals surface area (Å²) in [5, 5.41) is 0. The number of carbonyl (C=O) groups is 1. The van der Waals surface area contributed by atoms with Gasteiger partial charge in [-0.1, -0.05) is 45.8 Å². The van der Waals surface area contributed by atoms with E-state index >= 15 is 0 Å². The van der Waals surface area contributed by atoms with Crippen LogP contribution in [-0.4, -0.2) is 5.78 Å². The molecule has 0 radical (unpaired) electrons. The monoisotopic (exact) mass is 320 g/mol. The summed E-state index contributed by atoms with van der Waals surface area (Å²) in [4.78, 5) is 12.0. The fraction of sp³-hybridized carbons (Fsp3) is 0.188. The highest BCUT2D eigenvalue weighted by molar-refractivity contribution is 9.10. The Morgan fingerprint density at radius 1 is 1.11 bits per heavy atom. The van der Waals surface area contributed by atoms with Crippen molar-refractivity contribution in [3.63, 3.8) is 0 Å². The summed E-state index contributed by atoms with van der Waals surface area (Å²) >= 11 is 3.23. The Kier molecular flexibility index (Phi) is 4.48. The first-order valence-corrected chi connectivity index (χ1v) is 6.84. The summed E-state index contributed by atoms with van der Waals surface area (Å²) in [7, 11) is 0. The lowest BCUT2D eigenvalue weighted by molar-refractivity contribution is -0.117. The van der Waals surface area contributed by atoms with E-state index in [2.05, 4.69) is 15.9 Å². The van der Waals surface area contributed by atoms with Gasteiger partial charge in [0.1, 0.15) is 11.6 Å². The van der Waals surface area contributed by atoms with Crippen molar-refractivity contribution < 1.29 is 9.18 Å². The normalized spacial score (nSPS) is 10.5.